The molecule has 0 radical (unpaired) electrons. The van der Waals surface area contributed by atoms with E-state index in [1.807, 2.05) is 0 Å². The van der Waals surface area contributed by atoms with Crippen LogP contribution in [0.25, 0.3) is 11.1 Å². The fraction of sp³-hybridized carbons (Fsp3) is 0.263. The summed E-state index contributed by atoms with van der Waals surface area (Å²) in [5.74, 6) is -1.32. The third kappa shape index (κ3) is 4.06. The summed E-state index contributed by atoms with van der Waals surface area (Å²) in [6.45, 7) is 1.80. The average molecular weight is 375 g/mol. The van der Waals surface area contributed by atoms with Gasteiger partial charge < -0.3 is 15.8 Å². The van der Waals surface area contributed by atoms with E-state index in [0.29, 0.717) is 16.8 Å². The molecule has 8 heteroatoms. The predicted octanol–water partition coefficient (Wildman–Crippen LogP) is 2.55. The number of nitrogens with zero attached hydrogens (tertiary/aromatic N) is 1. The van der Waals surface area contributed by atoms with Crippen molar-refractivity contribution in [1.29, 1.82) is 0 Å². The molecule has 6 nitrogen and oxygen atoms in total. The Hall–Kier alpha value is -3.00. The van der Waals surface area contributed by atoms with Gasteiger partial charge in [0, 0.05) is 24.6 Å². The zero-order chi connectivity index (χ0) is 19.6. The Morgan fingerprint density at radius 3 is 2.67 bits per heavy atom. The maximum absolute atomic E-state index is 14.6. The molecule has 2 aromatic carbocycles. The number of benzene rings is 2. The fourth-order valence-electron chi connectivity index (χ4n) is 2.88. The normalized spacial score (nSPS) is 16.4. The van der Waals surface area contributed by atoms with Crippen molar-refractivity contribution < 1.29 is 23.1 Å². The van der Waals surface area contributed by atoms with Crippen LogP contribution < -0.4 is 16.0 Å². The van der Waals surface area contributed by atoms with Gasteiger partial charge in [-0.3, -0.25) is 9.69 Å². The van der Waals surface area contributed by atoms with Crippen LogP contribution in [0.15, 0.2) is 36.4 Å². The summed E-state index contributed by atoms with van der Waals surface area (Å²) in [6, 6.07) is 8.59. The van der Waals surface area contributed by atoms with Crippen molar-refractivity contribution in [3.8, 4) is 11.1 Å². The highest BCUT2D eigenvalue weighted by Crippen LogP contribution is 2.30. The second-order valence-electron chi connectivity index (χ2n) is 6.23. The van der Waals surface area contributed by atoms with E-state index in [2.05, 4.69) is 5.32 Å². The number of ether oxygens (including phenoxy) is 1. The molecule has 1 fully saturated rings. The minimum atomic E-state index is -0.615. The van der Waals surface area contributed by atoms with Crippen LogP contribution in [-0.4, -0.2) is 31.2 Å². The van der Waals surface area contributed by atoms with Gasteiger partial charge in [-0.15, -0.1) is 0 Å². The Bertz CT molecular complexity index is 888. The molecular formula is C19H19F2N3O3. The van der Waals surface area contributed by atoms with Gasteiger partial charge in [-0.2, -0.15) is 0 Å². The summed E-state index contributed by atoms with van der Waals surface area (Å²) >= 11 is 0. The molecule has 2 amide bonds. The van der Waals surface area contributed by atoms with Gasteiger partial charge >= 0.3 is 6.09 Å². The Morgan fingerprint density at radius 1 is 1.26 bits per heavy atom. The Labute approximate surface area is 154 Å². The zero-order valence-electron chi connectivity index (χ0n) is 14.7. The van der Waals surface area contributed by atoms with Crippen LogP contribution in [0.3, 0.4) is 0 Å². The number of hydrogen-bond acceptors (Lipinski definition) is 4. The summed E-state index contributed by atoms with van der Waals surface area (Å²) < 4.78 is 33.7. The number of carbonyl (C=O) groups is 2. The van der Waals surface area contributed by atoms with E-state index in [0.717, 1.165) is 0 Å². The monoisotopic (exact) mass is 375 g/mol. The molecule has 3 rings (SSSR count). The first-order chi connectivity index (χ1) is 12.9. The van der Waals surface area contributed by atoms with Crippen LogP contribution in [0.2, 0.25) is 0 Å². The number of amides is 2. The number of anilines is 1. The lowest BCUT2D eigenvalue weighted by Crippen LogP contribution is -2.33. The number of halogens is 2. The number of nitrogens with one attached hydrogen (secondary N) is 1. The summed E-state index contributed by atoms with van der Waals surface area (Å²) in [5, 5.41) is 2.58. The Kier molecular flexibility index (Phi) is 5.36. The van der Waals surface area contributed by atoms with E-state index in [9.17, 15) is 18.4 Å². The van der Waals surface area contributed by atoms with E-state index in [1.165, 1.54) is 36.1 Å². The molecule has 3 N–H and O–H groups in total. The SMILES string of the molecule is CC(=O)NCC1CN(c2ccc(-c3ccc(CN)c(F)c3)c(F)c2)C(=O)O1. The summed E-state index contributed by atoms with van der Waals surface area (Å²) in [4.78, 5) is 24.3. The van der Waals surface area contributed by atoms with Crippen LogP contribution in [0.5, 0.6) is 0 Å². The van der Waals surface area contributed by atoms with Crippen molar-refractivity contribution in [2.75, 3.05) is 18.0 Å². The lowest BCUT2D eigenvalue weighted by Gasteiger charge is -2.15. The van der Waals surface area contributed by atoms with Crippen LogP contribution in [0, 0.1) is 11.6 Å². The van der Waals surface area contributed by atoms with Crippen molar-refractivity contribution in [2.45, 2.75) is 19.6 Å². The molecule has 1 aliphatic heterocycles. The molecule has 1 unspecified atom stereocenters. The average Bonchev–Trinajstić information content (AvgIpc) is 3.00. The molecule has 1 aliphatic rings. The quantitative estimate of drug-likeness (QED) is 0.841. The molecule has 2 aromatic rings. The predicted molar refractivity (Wildman–Crippen MR) is 96.0 cm³/mol. The van der Waals surface area contributed by atoms with Gasteiger partial charge in [0.15, 0.2) is 0 Å². The first-order valence-electron chi connectivity index (χ1n) is 8.40. The molecule has 1 heterocycles. The van der Waals surface area contributed by atoms with Crippen LogP contribution in [0.4, 0.5) is 19.3 Å². The highest BCUT2D eigenvalue weighted by atomic mass is 19.1. The smallest absolute Gasteiger partial charge is 0.414 e. The van der Waals surface area contributed by atoms with E-state index in [-0.39, 0.29) is 31.1 Å². The highest BCUT2D eigenvalue weighted by Gasteiger charge is 2.32. The molecule has 27 heavy (non-hydrogen) atoms. The maximum Gasteiger partial charge on any atom is 0.414 e. The van der Waals surface area contributed by atoms with Gasteiger partial charge in [0.2, 0.25) is 5.91 Å². The van der Waals surface area contributed by atoms with E-state index < -0.39 is 23.8 Å². The van der Waals surface area contributed by atoms with Crippen molar-refractivity contribution in [2.24, 2.45) is 5.73 Å². The van der Waals surface area contributed by atoms with Gasteiger partial charge in [-0.1, -0.05) is 12.1 Å². The molecule has 0 saturated carbocycles. The Balaban J connectivity index is 1.80. The molecule has 1 atom stereocenters. The van der Waals surface area contributed by atoms with Crippen molar-refractivity contribution in [3.05, 3.63) is 53.6 Å². The van der Waals surface area contributed by atoms with Gasteiger partial charge in [-0.05, 0) is 29.8 Å². The molecule has 0 aromatic heterocycles. The van der Waals surface area contributed by atoms with E-state index in [1.54, 1.807) is 12.1 Å². The van der Waals surface area contributed by atoms with Gasteiger partial charge in [0.05, 0.1) is 18.8 Å². The van der Waals surface area contributed by atoms with Crippen LogP contribution in [-0.2, 0) is 16.1 Å². The molecule has 0 spiro atoms. The first-order valence-corrected chi connectivity index (χ1v) is 8.40. The third-order valence-electron chi connectivity index (χ3n) is 4.30. The van der Waals surface area contributed by atoms with Crippen molar-refractivity contribution in [3.63, 3.8) is 0 Å². The minimum Gasteiger partial charge on any atom is -0.442 e. The molecule has 1 saturated heterocycles. The number of rotatable bonds is 5. The molecule has 142 valence electrons. The zero-order valence-corrected chi connectivity index (χ0v) is 14.7. The maximum atomic E-state index is 14.6. The first kappa shape index (κ1) is 18.8. The second-order valence-corrected chi connectivity index (χ2v) is 6.23. The molecule has 0 bridgehead atoms. The summed E-state index contributed by atoms with van der Waals surface area (Å²) in [6.07, 6.45) is -1.13. The summed E-state index contributed by atoms with van der Waals surface area (Å²) in [7, 11) is 0. The number of cyclic esters (lactones) is 1. The fourth-order valence-corrected chi connectivity index (χ4v) is 2.88. The van der Waals surface area contributed by atoms with Gasteiger partial charge in [0.1, 0.15) is 17.7 Å². The van der Waals surface area contributed by atoms with E-state index >= 15 is 0 Å². The molecule has 0 aliphatic carbocycles. The van der Waals surface area contributed by atoms with Crippen LogP contribution >= 0.6 is 0 Å². The third-order valence-corrected chi connectivity index (χ3v) is 4.30. The number of hydrogen-bond donors (Lipinski definition) is 2. The Morgan fingerprint density at radius 2 is 2.04 bits per heavy atom. The lowest BCUT2D eigenvalue weighted by atomic mass is 10.0. The van der Waals surface area contributed by atoms with Gasteiger partial charge in [-0.25, -0.2) is 13.6 Å². The largest absolute Gasteiger partial charge is 0.442 e. The van der Waals surface area contributed by atoms with Crippen LogP contribution in [0.1, 0.15) is 12.5 Å². The second kappa shape index (κ2) is 7.71. The summed E-state index contributed by atoms with van der Waals surface area (Å²) in [5.41, 5.74) is 6.70. The number of carbonyl (C=O) groups excluding carboxylic acids is 2. The highest BCUT2D eigenvalue weighted by molar-refractivity contribution is 5.90. The van der Waals surface area contributed by atoms with Crippen molar-refractivity contribution >= 4 is 17.7 Å². The van der Waals surface area contributed by atoms with Gasteiger partial charge in [0.25, 0.3) is 0 Å². The van der Waals surface area contributed by atoms with E-state index in [4.69, 9.17) is 10.5 Å². The number of nitrogens with two attached hydrogens (primary N) is 1. The lowest BCUT2D eigenvalue weighted by molar-refractivity contribution is -0.119. The molecular weight excluding hydrogens is 356 g/mol. The topological polar surface area (TPSA) is 84.7 Å². The van der Waals surface area contributed by atoms with Crippen molar-refractivity contribution in [1.82, 2.24) is 5.32 Å². The minimum absolute atomic E-state index is 0.0598. The standard InChI is InChI=1S/C19H19F2N3O3/c1-11(25)23-9-15-10-24(19(26)27-15)14-4-5-16(18(21)7-14)12-2-3-13(8-22)17(20)6-12/h2-7,15H,8-10,22H2,1H3,(H,23,25).